The molecule has 7 heteroatoms. The maximum absolute atomic E-state index is 12.3. The summed E-state index contributed by atoms with van der Waals surface area (Å²) in [6, 6.07) is 3.02. The van der Waals surface area contributed by atoms with E-state index in [2.05, 4.69) is 5.32 Å². The quantitative estimate of drug-likeness (QED) is 0.848. The summed E-state index contributed by atoms with van der Waals surface area (Å²) < 4.78 is 5.24. The number of rotatable bonds is 4. The number of hydrogen-bond donors (Lipinski definition) is 1. The smallest absolute Gasteiger partial charge is 0.239 e. The molecule has 1 aromatic carbocycles. The van der Waals surface area contributed by atoms with Gasteiger partial charge in [0.1, 0.15) is 0 Å². The minimum Gasteiger partial charge on any atom is -0.378 e. The van der Waals surface area contributed by atoms with E-state index in [1.807, 2.05) is 6.92 Å². The number of amides is 1. The third-order valence-corrected chi connectivity index (χ3v) is 4.61. The van der Waals surface area contributed by atoms with Crippen molar-refractivity contribution in [2.45, 2.75) is 19.5 Å². The Morgan fingerprint density at radius 3 is 2.57 bits per heavy atom. The van der Waals surface area contributed by atoms with Crippen molar-refractivity contribution < 1.29 is 9.53 Å². The molecule has 0 aliphatic carbocycles. The van der Waals surface area contributed by atoms with E-state index >= 15 is 0 Å². The standard InChI is InChI=1S/C14H17Cl3N2O2/c1-9(14(20)19-4-6-21-7-5-19)18-8-10-11(15)2-3-12(16)13(10)17/h2-3,9,18H,4-8H2,1H3. The highest BCUT2D eigenvalue weighted by Gasteiger charge is 2.22. The second-order valence-electron chi connectivity index (χ2n) is 4.86. The van der Waals surface area contributed by atoms with E-state index in [0.29, 0.717) is 53.5 Å². The number of nitrogens with one attached hydrogen (secondary N) is 1. The number of morpholine rings is 1. The van der Waals surface area contributed by atoms with E-state index in [1.165, 1.54) is 0 Å². The number of halogens is 3. The van der Waals surface area contributed by atoms with Crippen LogP contribution in [-0.2, 0) is 16.1 Å². The lowest BCUT2D eigenvalue weighted by Gasteiger charge is -2.29. The third kappa shape index (κ3) is 4.24. The molecule has 1 amide bonds. The topological polar surface area (TPSA) is 41.6 Å². The summed E-state index contributed by atoms with van der Waals surface area (Å²) in [6.45, 7) is 4.64. The van der Waals surface area contributed by atoms with Crippen molar-refractivity contribution in [3.63, 3.8) is 0 Å². The molecule has 1 N–H and O–H groups in total. The van der Waals surface area contributed by atoms with Crippen molar-refractivity contribution in [2.75, 3.05) is 26.3 Å². The SMILES string of the molecule is CC(NCc1c(Cl)ccc(Cl)c1Cl)C(=O)N1CCOCC1. The minimum absolute atomic E-state index is 0.0487. The summed E-state index contributed by atoms with van der Waals surface area (Å²) in [6.07, 6.45) is 0. The summed E-state index contributed by atoms with van der Waals surface area (Å²) in [7, 11) is 0. The molecule has 1 saturated heterocycles. The maximum Gasteiger partial charge on any atom is 0.239 e. The molecule has 0 spiro atoms. The van der Waals surface area contributed by atoms with Gasteiger partial charge < -0.3 is 15.0 Å². The molecule has 1 heterocycles. The Kier molecular flexibility index (Phi) is 6.14. The van der Waals surface area contributed by atoms with Crippen molar-refractivity contribution >= 4 is 40.7 Å². The molecule has 0 aromatic heterocycles. The van der Waals surface area contributed by atoms with Crippen LogP contribution in [0.3, 0.4) is 0 Å². The van der Waals surface area contributed by atoms with Crippen LogP contribution in [0.1, 0.15) is 12.5 Å². The van der Waals surface area contributed by atoms with E-state index < -0.39 is 0 Å². The average molecular weight is 352 g/mol. The van der Waals surface area contributed by atoms with Gasteiger partial charge in [-0.05, 0) is 19.1 Å². The molecule has 4 nitrogen and oxygen atoms in total. The van der Waals surface area contributed by atoms with Crippen molar-refractivity contribution in [1.82, 2.24) is 10.2 Å². The number of hydrogen-bond acceptors (Lipinski definition) is 3. The molecule has 0 bridgehead atoms. The molecule has 2 rings (SSSR count). The number of ether oxygens (including phenoxy) is 1. The van der Waals surface area contributed by atoms with E-state index in [4.69, 9.17) is 39.5 Å². The Morgan fingerprint density at radius 2 is 1.90 bits per heavy atom. The van der Waals surface area contributed by atoms with Crippen LogP contribution in [-0.4, -0.2) is 43.2 Å². The zero-order valence-corrected chi connectivity index (χ0v) is 13.9. The zero-order chi connectivity index (χ0) is 15.4. The molecule has 21 heavy (non-hydrogen) atoms. The highest BCUT2D eigenvalue weighted by molar-refractivity contribution is 6.44. The monoisotopic (exact) mass is 350 g/mol. The second kappa shape index (κ2) is 7.65. The van der Waals surface area contributed by atoms with Crippen LogP contribution >= 0.6 is 34.8 Å². The normalized spacial score (nSPS) is 16.9. The van der Waals surface area contributed by atoms with Crippen molar-refractivity contribution in [3.8, 4) is 0 Å². The van der Waals surface area contributed by atoms with Gasteiger partial charge in [0.25, 0.3) is 0 Å². The highest BCUT2D eigenvalue weighted by Crippen LogP contribution is 2.31. The lowest BCUT2D eigenvalue weighted by molar-refractivity contribution is -0.137. The minimum atomic E-state index is -0.325. The molecule has 1 atom stereocenters. The van der Waals surface area contributed by atoms with Gasteiger partial charge in [-0.25, -0.2) is 0 Å². The molecule has 1 aliphatic heterocycles. The fourth-order valence-corrected chi connectivity index (χ4v) is 2.81. The Balaban J connectivity index is 1.96. The van der Waals surface area contributed by atoms with Crippen LogP contribution in [0.15, 0.2) is 12.1 Å². The summed E-state index contributed by atoms with van der Waals surface area (Å²) in [5.41, 5.74) is 0.701. The molecular formula is C14H17Cl3N2O2. The van der Waals surface area contributed by atoms with Gasteiger partial charge in [-0.3, -0.25) is 4.79 Å². The fourth-order valence-electron chi connectivity index (χ4n) is 2.13. The first kappa shape index (κ1) is 16.8. The Labute approximate surface area is 139 Å². The molecule has 1 aromatic rings. The summed E-state index contributed by atoms with van der Waals surface area (Å²) >= 11 is 18.2. The van der Waals surface area contributed by atoms with Crippen LogP contribution < -0.4 is 5.32 Å². The van der Waals surface area contributed by atoms with Gasteiger partial charge >= 0.3 is 0 Å². The van der Waals surface area contributed by atoms with E-state index in [9.17, 15) is 4.79 Å². The molecular weight excluding hydrogens is 335 g/mol. The first-order valence-corrected chi connectivity index (χ1v) is 7.86. The lowest BCUT2D eigenvalue weighted by atomic mass is 10.2. The molecule has 0 saturated carbocycles. The van der Waals surface area contributed by atoms with E-state index in [1.54, 1.807) is 17.0 Å². The number of benzene rings is 1. The average Bonchev–Trinajstić information content (AvgIpc) is 2.51. The van der Waals surface area contributed by atoms with Gasteiger partial charge in [-0.2, -0.15) is 0 Å². The van der Waals surface area contributed by atoms with Gasteiger partial charge in [0.2, 0.25) is 5.91 Å². The van der Waals surface area contributed by atoms with E-state index in [-0.39, 0.29) is 11.9 Å². The molecule has 116 valence electrons. The van der Waals surface area contributed by atoms with Gasteiger partial charge in [-0.1, -0.05) is 34.8 Å². The first-order chi connectivity index (χ1) is 10.0. The molecule has 1 unspecified atom stereocenters. The molecule has 0 radical (unpaired) electrons. The number of nitrogens with zero attached hydrogens (tertiary/aromatic N) is 1. The highest BCUT2D eigenvalue weighted by atomic mass is 35.5. The summed E-state index contributed by atoms with van der Waals surface area (Å²) in [4.78, 5) is 14.1. The van der Waals surface area contributed by atoms with Gasteiger partial charge in [0, 0.05) is 30.2 Å². The largest absolute Gasteiger partial charge is 0.378 e. The van der Waals surface area contributed by atoms with Crippen LogP contribution in [0.4, 0.5) is 0 Å². The van der Waals surface area contributed by atoms with E-state index in [0.717, 1.165) is 0 Å². The molecule has 1 fully saturated rings. The predicted octanol–water partition coefficient (Wildman–Crippen LogP) is 2.98. The Hall–Kier alpha value is -0.520. The third-order valence-electron chi connectivity index (χ3n) is 3.42. The van der Waals surface area contributed by atoms with Gasteiger partial charge in [0.15, 0.2) is 0 Å². The fraction of sp³-hybridized carbons (Fsp3) is 0.500. The van der Waals surface area contributed by atoms with Crippen LogP contribution in [0.2, 0.25) is 15.1 Å². The van der Waals surface area contributed by atoms with Gasteiger partial charge in [-0.15, -0.1) is 0 Å². The first-order valence-electron chi connectivity index (χ1n) is 6.73. The number of carbonyl (C=O) groups excluding carboxylic acids is 1. The molecule has 1 aliphatic rings. The predicted molar refractivity (Wildman–Crippen MR) is 85.2 cm³/mol. The van der Waals surface area contributed by atoms with Crippen molar-refractivity contribution in [3.05, 3.63) is 32.8 Å². The summed E-state index contributed by atoms with van der Waals surface area (Å²) in [5, 5.41) is 4.54. The summed E-state index contributed by atoms with van der Waals surface area (Å²) in [5.74, 6) is 0.0487. The van der Waals surface area contributed by atoms with Crippen LogP contribution in [0.25, 0.3) is 0 Å². The van der Waals surface area contributed by atoms with Crippen molar-refractivity contribution in [1.29, 1.82) is 0 Å². The second-order valence-corrected chi connectivity index (χ2v) is 6.05. The van der Waals surface area contributed by atoms with Crippen LogP contribution in [0.5, 0.6) is 0 Å². The number of carbonyl (C=O) groups is 1. The van der Waals surface area contributed by atoms with Gasteiger partial charge in [0.05, 0.1) is 29.3 Å². The zero-order valence-electron chi connectivity index (χ0n) is 11.7. The lowest BCUT2D eigenvalue weighted by Crippen LogP contribution is -2.49. The Bertz CT molecular complexity index is 519. The van der Waals surface area contributed by atoms with Crippen LogP contribution in [0, 0.1) is 0 Å². The maximum atomic E-state index is 12.3. The van der Waals surface area contributed by atoms with Crippen molar-refractivity contribution in [2.24, 2.45) is 0 Å². The Morgan fingerprint density at radius 1 is 1.29 bits per heavy atom.